The Morgan fingerprint density at radius 1 is 0.467 bits per heavy atom. The Bertz CT molecular complexity index is 395. The molecule has 0 spiro atoms. The second kappa shape index (κ2) is 4.40. The Hall–Kier alpha value is -1.42. The number of nitriles is 6. The van der Waals surface area contributed by atoms with Crippen molar-refractivity contribution in [1.29, 1.82) is 31.6 Å². The van der Waals surface area contributed by atoms with E-state index in [-0.39, 0.29) is 33.6 Å². The first-order valence-corrected chi connectivity index (χ1v) is 7.62. The van der Waals surface area contributed by atoms with E-state index in [1.54, 1.807) is 0 Å². The molecule has 0 saturated carbocycles. The van der Waals surface area contributed by atoms with Gasteiger partial charge in [0.05, 0.1) is 0 Å². The van der Waals surface area contributed by atoms with E-state index in [0.29, 0.717) is 0 Å². The molecule has 0 atom stereocenters. The zero-order valence-corrected chi connectivity index (χ0v) is 10.5. The minimum Gasteiger partial charge on any atom is 2.00 e. The van der Waals surface area contributed by atoms with Crippen molar-refractivity contribution in [3.05, 3.63) is 0 Å². The predicted octanol–water partition coefficient (Wildman–Crippen LogP) is 0.0932. The van der Waals surface area contributed by atoms with Gasteiger partial charge in [-0.3, -0.25) is 0 Å². The Balaban J connectivity index is -0.000000720. The van der Waals surface area contributed by atoms with Gasteiger partial charge in [-0.2, -0.15) is 0 Å². The number of nitrogens with zero attached hydrogens (tertiary/aromatic N) is 6. The van der Waals surface area contributed by atoms with Gasteiger partial charge in [0.2, 0.25) is 0 Å². The van der Waals surface area contributed by atoms with Gasteiger partial charge in [-0.05, 0) is 0 Å². The normalized spacial score (nSPS) is 11.6. The summed E-state index contributed by atoms with van der Waals surface area (Å²) in [6.45, 7) is 0. The summed E-state index contributed by atoms with van der Waals surface area (Å²) in [5.74, 6) is 0. The second-order valence-electron chi connectivity index (χ2n) is 1.80. The largest absolute Gasteiger partial charge is 2.00 e. The van der Waals surface area contributed by atoms with E-state index < -0.39 is 12.4 Å². The third-order valence-corrected chi connectivity index (χ3v) is 7.02. The van der Waals surface area contributed by atoms with Crippen molar-refractivity contribution >= 4 is 0 Å². The van der Waals surface area contributed by atoms with Crippen LogP contribution >= 0.6 is 0 Å². The molecule has 0 unspecified atom stereocenters. The van der Waals surface area contributed by atoms with E-state index in [1.165, 1.54) is 0 Å². The summed E-state index contributed by atoms with van der Waals surface area (Å²) < 4.78 is 6.37. The van der Waals surface area contributed by atoms with E-state index in [4.69, 9.17) is 31.6 Å². The van der Waals surface area contributed by atoms with Crippen molar-refractivity contribution in [3.63, 3.8) is 0 Å². The maximum Gasteiger partial charge on any atom is 2.00 e. The monoisotopic (exact) mass is 376 g/mol. The molecule has 2 radical (unpaired) electrons. The first kappa shape index (κ1) is 19.2. The quantitative estimate of drug-likeness (QED) is 0.549. The molecule has 0 aliphatic carbocycles. The first-order chi connectivity index (χ1) is 5.97. The van der Waals surface area contributed by atoms with Gasteiger partial charge in [-0.15, -0.1) is 0 Å². The van der Waals surface area contributed by atoms with Crippen molar-refractivity contribution < 1.29 is 46.0 Å². The maximum absolute atomic E-state index is 8.59. The van der Waals surface area contributed by atoms with Gasteiger partial charge in [0.25, 0.3) is 0 Å². The van der Waals surface area contributed by atoms with Gasteiger partial charge in [-0.1, -0.05) is 0 Å². The molecule has 0 fully saturated rings. The summed E-state index contributed by atoms with van der Waals surface area (Å²) >= 11 is -6.55. The Morgan fingerprint density at radius 2 is 0.600 bits per heavy atom. The van der Waals surface area contributed by atoms with E-state index in [0.717, 1.165) is 28.0 Å². The molecule has 0 aliphatic rings. The fourth-order valence-corrected chi connectivity index (χ4v) is 1.57. The molecule has 0 N–H and O–H groups in total. The summed E-state index contributed by atoms with van der Waals surface area (Å²) in [6.07, 6.45) is 0. The van der Waals surface area contributed by atoms with Crippen LogP contribution in [-0.4, -0.2) is 0 Å². The van der Waals surface area contributed by atoms with Crippen LogP contribution in [0.3, 0.4) is 0 Å². The topological polar surface area (TPSA) is 143 Å². The first-order valence-electron chi connectivity index (χ1n) is 2.40. The van der Waals surface area contributed by atoms with Crippen LogP contribution in [0, 0.1) is 59.6 Å². The standard InChI is InChI=1S/6CN.2Co.Ru/c6*1-2;;;/q;;;;;;2*+2;-4. The van der Waals surface area contributed by atoms with Gasteiger partial charge in [0.15, 0.2) is 0 Å². The van der Waals surface area contributed by atoms with Crippen LogP contribution in [0.5, 0.6) is 0 Å². The van der Waals surface area contributed by atoms with Crippen LogP contribution in [-0.2, 0) is 46.0 Å². The Labute approximate surface area is 105 Å². The van der Waals surface area contributed by atoms with Crippen molar-refractivity contribution in [2.24, 2.45) is 0 Å². The smallest absolute Gasteiger partial charge is 2.00 e. The number of rotatable bonds is 0. The zero-order valence-electron chi connectivity index (χ0n) is 6.70. The van der Waals surface area contributed by atoms with Crippen LogP contribution < -0.4 is 0 Å². The molecule has 0 rings (SSSR count). The summed E-state index contributed by atoms with van der Waals surface area (Å²) in [7, 11) is 0. The summed E-state index contributed by atoms with van der Waals surface area (Å²) in [6, 6.07) is 0. The summed E-state index contributed by atoms with van der Waals surface area (Å²) in [4.78, 5) is 0. The maximum atomic E-state index is 8.59. The summed E-state index contributed by atoms with van der Waals surface area (Å²) in [5.41, 5.74) is 0. The third kappa shape index (κ3) is 1.72. The fourth-order valence-electron chi connectivity index (χ4n) is 0.265. The SMILES string of the molecule is N#[C][Ru-4]([C]#N)([C]#N)([C]#N)([C]#N)[C]#N.[Co+2].[Co+2]. The second-order valence-corrected chi connectivity index (χ2v) is 10.6. The third-order valence-electron chi connectivity index (χ3n) is 1.19. The Morgan fingerprint density at radius 3 is 0.600 bits per heavy atom. The molecule has 80 valence electrons. The van der Waals surface area contributed by atoms with Gasteiger partial charge >= 0.3 is 106 Å². The predicted molar refractivity (Wildman–Crippen MR) is 33.7 cm³/mol. The number of hydrogen-bond donors (Lipinski definition) is 0. The van der Waals surface area contributed by atoms with Crippen LogP contribution in [0.15, 0.2) is 0 Å². The van der Waals surface area contributed by atoms with Crippen LogP contribution in [0.4, 0.5) is 0 Å². The molecule has 0 heterocycles. The molecule has 0 aliphatic heterocycles. The van der Waals surface area contributed by atoms with Crippen molar-refractivity contribution in [3.8, 4) is 28.0 Å². The Kier molecular flexibility index (Phi) is 5.63. The average Bonchev–Trinajstić information content (AvgIpc) is 2.26. The molecular formula is C6Co2N6Ru. The van der Waals surface area contributed by atoms with Gasteiger partial charge < -0.3 is 0 Å². The van der Waals surface area contributed by atoms with Gasteiger partial charge in [0.1, 0.15) is 0 Å². The van der Waals surface area contributed by atoms with E-state index in [9.17, 15) is 0 Å². The molecule has 9 heteroatoms. The molecule has 0 bridgehead atoms. The molecular weight excluding hydrogens is 375 g/mol. The fraction of sp³-hybridized carbons (Fsp3) is 0. The average molecular weight is 375 g/mol. The van der Waals surface area contributed by atoms with Crippen LogP contribution in [0.25, 0.3) is 0 Å². The molecule has 6 nitrogen and oxygen atoms in total. The van der Waals surface area contributed by atoms with Crippen LogP contribution in [0.2, 0.25) is 0 Å². The molecule has 0 aromatic rings. The molecule has 0 saturated heterocycles. The minimum atomic E-state index is -6.55. The van der Waals surface area contributed by atoms with E-state index >= 15 is 0 Å². The van der Waals surface area contributed by atoms with E-state index in [1.807, 2.05) is 0 Å². The molecule has 0 aromatic heterocycles. The van der Waals surface area contributed by atoms with Gasteiger partial charge in [-0.25, -0.2) is 0 Å². The van der Waals surface area contributed by atoms with E-state index in [2.05, 4.69) is 0 Å². The molecule has 15 heavy (non-hydrogen) atoms. The van der Waals surface area contributed by atoms with Crippen molar-refractivity contribution in [2.75, 3.05) is 0 Å². The van der Waals surface area contributed by atoms with Crippen LogP contribution in [0.1, 0.15) is 0 Å². The van der Waals surface area contributed by atoms with Crippen molar-refractivity contribution in [2.45, 2.75) is 0 Å². The van der Waals surface area contributed by atoms with Gasteiger partial charge in [0, 0.05) is 0 Å². The molecule has 0 amide bonds. The molecule has 0 aromatic carbocycles. The zero-order chi connectivity index (χ0) is 10.7. The minimum absolute atomic E-state index is 0. The number of hydrogen-bond acceptors (Lipinski definition) is 6. The summed E-state index contributed by atoms with van der Waals surface area (Å²) in [5, 5.41) is 51.6. The van der Waals surface area contributed by atoms with Crippen molar-refractivity contribution in [1.82, 2.24) is 0 Å².